The Morgan fingerprint density at radius 3 is 1.67 bits per heavy atom. The number of benzene rings is 2. The lowest BCUT2D eigenvalue weighted by Crippen LogP contribution is -2.05. The van der Waals surface area contributed by atoms with E-state index in [1.165, 1.54) is 32.4 Å². The summed E-state index contributed by atoms with van der Waals surface area (Å²) in [6.45, 7) is 7.95. The van der Waals surface area contributed by atoms with E-state index in [9.17, 15) is 8.78 Å². The van der Waals surface area contributed by atoms with E-state index < -0.39 is 11.6 Å². The maximum Gasteiger partial charge on any atom is 0.168 e. The third-order valence-electron chi connectivity index (χ3n) is 2.63. The summed E-state index contributed by atoms with van der Waals surface area (Å²) >= 11 is 3.27. The van der Waals surface area contributed by atoms with Gasteiger partial charge in [-0.1, -0.05) is 29.8 Å². The quantitative estimate of drug-likeness (QED) is 0.586. The van der Waals surface area contributed by atoms with Crippen molar-refractivity contribution in [1.29, 1.82) is 0 Å². The first kappa shape index (κ1) is 25.0. The van der Waals surface area contributed by atoms with Crippen molar-refractivity contribution in [1.82, 2.24) is 0 Å². The zero-order valence-electron chi connectivity index (χ0n) is 16.4. The molecule has 0 radical (unpaired) electrons. The number of hydrogen-bond acceptors (Lipinski definition) is 4. The molecule has 2 rings (SSSR count). The number of phenolic OH excluding ortho intramolecular Hbond substituents is 1. The van der Waals surface area contributed by atoms with Crippen LogP contribution in [-0.2, 0) is 0 Å². The van der Waals surface area contributed by atoms with Crippen LogP contribution in [0.2, 0.25) is 0 Å². The van der Waals surface area contributed by atoms with Crippen LogP contribution in [0.3, 0.4) is 0 Å². The van der Waals surface area contributed by atoms with Crippen LogP contribution in [0.15, 0.2) is 36.4 Å². The molecule has 0 unspecified atom stereocenters. The van der Waals surface area contributed by atoms with Crippen molar-refractivity contribution in [3.8, 4) is 23.0 Å². The molecule has 0 atom stereocenters. The van der Waals surface area contributed by atoms with E-state index in [1.807, 2.05) is 13.8 Å². The molecule has 0 saturated heterocycles. The van der Waals surface area contributed by atoms with Gasteiger partial charge in [-0.2, -0.15) is 0 Å². The summed E-state index contributed by atoms with van der Waals surface area (Å²) < 4.78 is 40.3. The van der Waals surface area contributed by atoms with Gasteiger partial charge in [0.2, 0.25) is 0 Å². The Hall–Kier alpha value is -2.02. The summed E-state index contributed by atoms with van der Waals surface area (Å²) in [4.78, 5) is 0.646. The molecule has 7 heteroatoms. The van der Waals surface area contributed by atoms with Gasteiger partial charge in [0.1, 0.15) is 11.5 Å². The molecule has 152 valence electrons. The summed E-state index contributed by atoms with van der Waals surface area (Å²) in [7, 11) is 2.80. The van der Waals surface area contributed by atoms with Crippen LogP contribution in [0.25, 0.3) is 0 Å². The lowest BCUT2D eigenvalue weighted by atomic mass is 10.3. The van der Waals surface area contributed by atoms with Gasteiger partial charge >= 0.3 is 0 Å². The number of rotatable bonds is 4. The van der Waals surface area contributed by atoms with Gasteiger partial charge in [0.05, 0.1) is 20.3 Å². The molecule has 0 bridgehead atoms. The lowest BCUT2D eigenvalue weighted by molar-refractivity contribution is 0.240. The minimum absolute atomic E-state index is 0.0489. The van der Waals surface area contributed by atoms with Gasteiger partial charge in [-0.05, 0) is 38.1 Å². The second kappa shape index (κ2) is 13.2. The van der Waals surface area contributed by atoms with Crippen LogP contribution in [0.4, 0.5) is 8.78 Å². The molecule has 4 nitrogen and oxygen atoms in total. The van der Waals surface area contributed by atoms with Gasteiger partial charge in [-0.3, -0.25) is 0 Å². The molecular formula is C20H27BrF2O4. The highest BCUT2D eigenvalue weighted by Gasteiger charge is 2.04. The van der Waals surface area contributed by atoms with Gasteiger partial charge in [0.15, 0.2) is 23.1 Å². The van der Waals surface area contributed by atoms with Crippen LogP contribution in [-0.4, -0.2) is 30.3 Å². The number of halogens is 3. The highest BCUT2D eigenvalue weighted by atomic mass is 79.9. The van der Waals surface area contributed by atoms with Crippen LogP contribution < -0.4 is 14.2 Å². The third-order valence-corrected chi connectivity index (χ3v) is 2.63. The first-order valence-electron chi connectivity index (χ1n) is 8.27. The first-order chi connectivity index (χ1) is 12.6. The third kappa shape index (κ3) is 11.3. The van der Waals surface area contributed by atoms with E-state index >= 15 is 0 Å². The molecule has 2 aromatic rings. The molecule has 0 fully saturated rings. The second-order valence-electron chi connectivity index (χ2n) is 5.80. The van der Waals surface area contributed by atoms with Crippen molar-refractivity contribution < 1.29 is 28.1 Å². The van der Waals surface area contributed by atoms with Gasteiger partial charge < -0.3 is 19.3 Å². The Bertz CT molecular complexity index is 676. The van der Waals surface area contributed by atoms with Crippen molar-refractivity contribution in [2.75, 3.05) is 14.2 Å². The minimum Gasteiger partial charge on any atom is -0.508 e. The highest BCUT2D eigenvalue weighted by Crippen LogP contribution is 2.23. The number of aromatic hydroxyl groups is 1. The second-order valence-corrected chi connectivity index (χ2v) is 7.63. The fourth-order valence-electron chi connectivity index (χ4n) is 1.65. The molecule has 0 aromatic heterocycles. The molecule has 27 heavy (non-hydrogen) atoms. The number of hydrogen-bond donors (Lipinski definition) is 1. The molecule has 0 heterocycles. The van der Waals surface area contributed by atoms with E-state index in [0.717, 1.165) is 6.07 Å². The molecule has 0 amide bonds. The van der Waals surface area contributed by atoms with E-state index in [1.54, 1.807) is 12.1 Å². The molecule has 0 aliphatic heterocycles. The molecular weight excluding hydrogens is 422 g/mol. The van der Waals surface area contributed by atoms with Crippen molar-refractivity contribution in [3.05, 3.63) is 48.0 Å². The average Bonchev–Trinajstić information content (AvgIpc) is 2.54. The number of ether oxygens (including phenoxy) is 3. The summed E-state index contributed by atoms with van der Waals surface area (Å²) in [5, 5.41) is 8.74. The summed E-state index contributed by atoms with van der Waals surface area (Å²) in [5.74, 6) is -0.163. The van der Waals surface area contributed by atoms with Crippen LogP contribution in [0.1, 0.15) is 27.7 Å². The summed E-state index contributed by atoms with van der Waals surface area (Å²) in [6, 6.07) is 8.28. The van der Waals surface area contributed by atoms with Crippen molar-refractivity contribution in [2.24, 2.45) is 0 Å². The van der Waals surface area contributed by atoms with E-state index in [0.29, 0.717) is 10.6 Å². The smallest absolute Gasteiger partial charge is 0.168 e. The summed E-state index contributed by atoms with van der Waals surface area (Å²) in [6.07, 6.45) is 0.0489. The zero-order chi connectivity index (χ0) is 21.0. The van der Waals surface area contributed by atoms with Crippen LogP contribution >= 0.6 is 15.9 Å². The lowest BCUT2D eigenvalue weighted by Gasteiger charge is -2.10. The van der Waals surface area contributed by atoms with Gasteiger partial charge in [0, 0.05) is 17.0 Å². The monoisotopic (exact) mass is 448 g/mol. The van der Waals surface area contributed by atoms with Crippen LogP contribution in [0, 0.1) is 11.6 Å². The topological polar surface area (TPSA) is 47.9 Å². The maximum atomic E-state index is 13.1. The predicted octanol–water partition coefficient (Wildman–Crippen LogP) is 5.95. The Labute approximate surface area is 168 Å². The molecule has 0 saturated carbocycles. The molecule has 0 aliphatic rings. The Balaban J connectivity index is 0.000000428. The van der Waals surface area contributed by atoms with Crippen molar-refractivity contribution in [3.63, 3.8) is 0 Å². The number of phenols is 1. The van der Waals surface area contributed by atoms with Crippen molar-refractivity contribution >= 4 is 15.9 Å². The molecule has 0 spiro atoms. The fourth-order valence-corrected chi connectivity index (χ4v) is 1.65. The van der Waals surface area contributed by atoms with Gasteiger partial charge in [0.25, 0.3) is 0 Å². The van der Waals surface area contributed by atoms with E-state index in [4.69, 9.17) is 14.6 Å². The maximum absolute atomic E-state index is 13.1. The van der Waals surface area contributed by atoms with Gasteiger partial charge in [-0.25, -0.2) is 8.78 Å². The van der Waals surface area contributed by atoms with Crippen molar-refractivity contribution in [2.45, 2.75) is 38.6 Å². The normalized spacial score (nSPS) is 9.74. The largest absolute Gasteiger partial charge is 0.508 e. The van der Waals surface area contributed by atoms with E-state index in [2.05, 4.69) is 34.5 Å². The molecule has 2 aromatic carbocycles. The number of methoxy groups -OCH3 is 2. The fraction of sp³-hybridized carbons (Fsp3) is 0.400. The SMILES string of the molecule is CC(C)Br.COc1ccc(O)cc1F.COc1ccc(OC(C)C)cc1F. The molecule has 0 aliphatic carbocycles. The predicted molar refractivity (Wildman–Crippen MR) is 107 cm³/mol. The Morgan fingerprint density at radius 2 is 1.30 bits per heavy atom. The van der Waals surface area contributed by atoms with Crippen LogP contribution in [0.5, 0.6) is 23.0 Å². The molecule has 1 N–H and O–H groups in total. The first-order valence-corrected chi connectivity index (χ1v) is 9.19. The summed E-state index contributed by atoms with van der Waals surface area (Å²) in [5.41, 5.74) is 0. The highest BCUT2D eigenvalue weighted by molar-refractivity contribution is 9.09. The van der Waals surface area contributed by atoms with E-state index in [-0.39, 0.29) is 23.4 Å². The Morgan fingerprint density at radius 1 is 0.852 bits per heavy atom. The Kier molecular flexibility index (Phi) is 12.2. The standard InChI is InChI=1S/C10H13FO2.C7H7FO2.C3H7Br/c1-7(2)13-8-4-5-10(12-3)9(11)6-8;1-10-7-3-2-5(9)4-6(7)8;1-3(2)4/h4-7H,1-3H3;2-4,9H,1H3;3H,1-2H3. The average molecular weight is 449 g/mol. The minimum atomic E-state index is -0.553. The number of alkyl halides is 1. The van der Waals surface area contributed by atoms with Gasteiger partial charge in [-0.15, -0.1) is 0 Å². The zero-order valence-corrected chi connectivity index (χ0v) is 18.0.